The standard InChI is InChI=1S/C17H20N4O/c1-12-9-13(2)11-14(10-12)19-17-18-6-5-15(20-17)16(22)21-7-3-4-8-21/h5-6,9-11H,3-4,7-8H2,1-2H3,(H,18,19,20). The lowest BCUT2D eigenvalue weighted by atomic mass is 10.1. The van der Waals surface area contributed by atoms with Crippen molar-refractivity contribution in [2.75, 3.05) is 18.4 Å². The topological polar surface area (TPSA) is 58.1 Å². The Bertz CT molecular complexity index is 673. The van der Waals surface area contributed by atoms with Gasteiger partial charge in [-0.15, -0.1) is 0 Å². The molecule has 5 nitrogen and oxygen atoms in total. The van der Waals surface area contributed by atoms with Gasteiger partial charge in [-0.05, 0) is 56.0 Å². The number of aryl methyl sites for hydroxylation is 2. The Labute approximate surface area is 130 Å². The molecule has 22 heavy (non-hydrogen) atoms. The van der Waals surface area contributed by atoms with Crippen molar-refractivity contribution in [2.45, 2.75) is 26.7 Å². The van der Waals surface area contributed by atoms with Crippen molar-refractivity contribution in [2.24, 2.45) is 0 Å². The lowest BCUT2D eigenvalue weighted by Gasteiger charge is -2.15. The Morgan fingerprint density at radius 2 is 1.82 bits per heavy atom. The average Bonchev–Trinajstić information content (AvgIpc) is 3.00. The Morgan fingerprint density at radius 1 is 1.14 bits per heavy atom. The van der Waals surface area contributed by atoms with E-state index in [4.69, 9.17) is 0 Å². The molecule has 2 heterocycles. The first-order valence-corrected chi connectivity index (χ1v) is 7.59. The highest BCUT2D eigenvalue weighted by molar-refractivity contribution is 5.92. The number of rotatable bonds is 3. The zero-order chi connectivity index (χ0) is 15.5. The predicted octanol–water partition coefficient (Wildman–Crippen LogP) is 3.07. The third-order valence-electron chi connectivity index (χ3n) is 3.75. The van der Waals surface area contributed by atoms with E-state index < -0.39 is 0 Å². The van der Waals surface area contributed by atoms with Crippen LogP contribution in [0, 0.1) is 13.8 Å². The van der Waals surface area contributed by atoms with E-state index in [-0.39, 0.29) is 5.91 Å². The molecule has 3 rings (SSSR count). The normalized spacial score (nSPS) is 14.2. The molecule has 1 aliphatic heterocycles. The van der Waals surface area contributed by atoms with Gasteiger partial charge in [-0.1, -0.05) is 6.07 Å². The number of amides is 1. The van der Waals surface area contributed by atoms with Crippen molar-refractivity contribution >= 4 is 17.5 Å². The van der Waals surface area contributed by atoms with Crippen molar-refractivity contribution in [1.82, 2.24) is 14.9 Å². The Balaban J connectivity index is 1.80. The summed E-state index contributed by atoms with van der Waals surface area (Å²) in [4.78, 5) is 22.8. The highest BCUT2D eigenvalue weighted by atomic mass is 16.2. The Hall–Kier alpha value is -2.43. The number of carbonyl (C=O) groups is 1. The number of hydrogen-bond acceptors (Lipinski definition) is 4. The maximum atomic E-state index is 12.4. The SMILES string of the molecule is Cc1cc(C)cc(Nc2nccc(C(=O)N3CCCC3)n2)c1. The fourth-order valence-corrected chi connectivity index (χ4v) is 2.80. The van der Waals surface area contributed by atoms with E-state index in [0.717, 1.165) is 31.6 Å². The zero-order valence-electron chi connectivity index (χ0n) is 13.0. The van der Waals surface area contributed by atoms with E-state index in [1.54, 1.807) is 12.3 Å². The third-order valence-corrected chi connectivity index (χ3v) is 3.75. The number of likely N-dealkylation sites (tertiary alicyclic amines) is 1. The van der Waals surface area contributed by atoms with Gasteiger partial charge in [0.1, 0.15) is 5.69 Å². The highest BCUT2D eigenvalue weighted by Gasteiger charge is 2.20. The van der Waals surface area contributed by atoms with E-state index in [2.05, 4.69) is 21.4 Å². The summed E-state index contributed by atoms with van der Waals surface area (Å²) in [6, 6.07) is 7.85. The highest BCUT2D eigenvalue weighted by Crippen LogP contribution is 2.18. The first-order chi connectivity index (χ1) is 10.6. The zero-order valence-corrected chi connectivity index (χ0v) is 13.0. The number of carbonyl (C=O) groups excluding carboxylic acids is 1. The van der Waals surface area contributed by atoms with Gasteiger partial charge >= 0.3 is 0 Å². The van der Waals surface area contributed by atoms with Gasteiger partial charge in [0.15, 0.2) is 0 Å². The minimum atomic E-state index is -0.0108. The van der Waals surface area contributed by atoms with Gasteiger partial charge in [-0.25, -0.2) is 9.97 Å². The molecular weight excluding hydrogens is 276 g/mol. The molecule has 1 aromatic heterocycles. The average molecular weight is 296 g/mol. The van der Waals surface area contributed by atoms with Crippen molar-refractivity contribution in [1.29, 1.82) is 0 Å². The van der Waals surface area contributed by atoms with Gasteiger partial charge in [0.05, 0.1) is 0 Å². The van der Waals surface area contributed by atoms with Gasteiger partial charge in [-0.3, -0.25) is 4.79 Å². The molecule has 0 unspecified atom stereocenters. The van der Waals surface area contributed by atoms with Gasteiger partial charge < -0.3 is 10.2 Å². The quantitative estimate of drug-likeness (QED) is 0.945. The van der Waals surface area contributed by atoms with Crippen LogP contribution in [0.15, 0.2) is 30.5 Å². The first kappa shape index (κ1) is 14.5. The van der Waals surface area contributed by atoms with Crippen molar-refractivity contribution in [3.63, 3.8) is 0 Å². The lowest BCUT2D eigenvalue weighted by Crippen LogP contribution is -2.28. The van der Waals surface area contributed by atoms with Crippen LogP contribution in [0.1, 0.15) is 34.5 Å². The molecule has 1 N–H and O–H groups in total. The molecule has 0 saturated carbocycles. The number of nitrogens with zero attached hydrogens (tertiary/aromatic N) is 3. The summed E-state index contributed by atoms with van der Waals surface area (Å²) in [5.74, 6) is 0.443. The van der Waals surface area contributed by atoms with E-state index in [1.807, 2.05) is 30.9 Å². The second kappa shape index (κ2) is 6.13. The predicted molar refractivity (Wildman–Crippen MR) is 86.4 cm³/mol. The molecule has 1 saturated heterocycles. The molecule has 0 radical (unpaired) electrons. The van der Waals surface area contributed by atoms with Crippen LogP contribution >= 0.6 is 0 Å². The molecular formula is C17H20N4O. The van der Waals surface area contributed by atoms with Crippen LogP contribution in [0.25, 0.3) is 0 Å². The molecule has 1 aliphatic rings. The van der Waals surface area contributed by atoms with Crippen LogP contribution in [0.2, 0.25) is 0 Å². The molecule has 114 valence electrons. The molecule has 0 bridgehead atoms. The second-order valence-electron chi connectivity index (χ2n) is 5.77. The fourth-order valence-electron chi connectivity index (χ4n) is 2.80. The molecule has 2 aromatic rings. The summed E-state index contributed by atoms with van der Waals surface area (Å²) in [6.45, 7) is 5.74. The molecule has 5 heteroatoms. The maximum Gasteiger partial charge on any atom is 0.272 e. The summed E-state index contributed by atoms with van der Waals surface area (Å²) >= 11 is 0. The Kier molecular flexibility index (Phi) is 4.04. The minimum Gasteiger partial charge on any atom is -0.337 e. The van der Waals surface area contributed by atoms with E-state index in [1.165, 1.54) is 11.1 Å². The smallest absolute Gasteiger partial charge is 0.272 e. The van der Waals surface area contributed by atoms with Crippen LogP contribution in [0.5, 0.6) is 0 Å². The number of aromatic nitrogens is 2. The summed E-state index contributed by atoms with van der Waals surface area (Å²) in [6.07, 6.45) is 3.77. The van der Waals surface area contributed by atoms with Crippen molar-refractivity contribution in [3.05, 3.63) is 47.3 Å². The van der Waals surface area contributed by atoms with Crippen LogP contribution < -0.4 is 5.32 Å². The van der Waals surface area contributed by atoms with E-state index >= 15 is 0 Å². The van der Waals surface area contributed by atoms with Gasteiger partial charge in [0.25, 0.3) is 5.91 Å². The van der Waals surface area contributed by atoms with Crippen molar-refractivity contribution in [3.8, 4) is 0 Å². The minimum absolute atomic E-state index is 0.0108. The van der Waals surface area contributed by atoms with Crippen LogP contribution in [-0.2, 0) is 0 Å². The third kappa shape index (κ3) is 3.24. The van der Waals surface area contributed by atoms with Crippen LogP contribution in [0.4, 0.5) is 11.6 Å². The number of benzene rings is 1. The summed E-state index contributed by atoms with van der Waals surface area (Å²) in [5, 5.41) is 3.18. The van der Waals surface area contributed by atoms with Crippen molar-refractivity contribution < 1.29 is 4.79 Å². The molecule has 0 aliphatic carbocycles. The molecule has 0 atom stereocenters. The fraction of sp³-hybridized carbons (Fsp3) is 0.353. The number of hydrogen-bond donors (Lipinski definition) is 1. The molecule has 1 fully saturated rings. The van der Waals surface area contributed by atoms with Gasteiger partial charge in [-0.2, -0.15) is 0 Å². The second-order valence-corrected chi connectivity index (χ2v) is 5.77. The maximum absolute atomic E-state index is 12.4. The molecule has 0 spiro atoms. The number of nitrogens with one attached hydrogen (secondary N) is 1. The molecule has 1 aromatic carbocycles. The van der Waals surface area contributed by atoms with Gasteiger partial charge in [0.2, 0.25) is 5.95 Å². The van der Waals surface area contributed by atoms with Gasteiger partial charge in [0, 0.05) is 25.0 Å². The van der Waals surface area contributed by atoms with Crippen LogP contribution in [-0.4, -0.2) is 33.9 Å². The summed E-state index contributed by atoms with van der Waals surface area (Å²) in [5.41, 5.74) is 3.73. The van der Waals surface area contributed by atoms with E-state index in [9.17, 15) is 4.79 Å². The number of anilines is 2. The van der Waals surface area contributed by atoms with Crippen LogP contribution in [0.3, 0.4) is 0 Å². The first-order valence-electron chi connectivity index (χ1n) is 7.59. The Morgan fingerprint density at radius 3 is 2.50 bits per heavy atom. The largest absolute Gasteiger partial charge is 0.337 e. The monoisotopic (exact) mass is 296 g/mol. The van der Waals surface area contributed by atoms with E-state index in [0.29, 0.717) is 11.6 Å². The molecule has 1 amide bonds. The lowest BCUT2D eigenvalue weighted by molar-refractivity contribution is 0.0787. The summed E-state index contributed by atoms with van der Waals surface area (Å²) in [7, 11) is 0. The summed E-state index contributed by atoms with van der Waals surface area (Å²) < 4.78 is 0.